The van der Waals surface area contributed by atoms with Crippen LogP contribution in [-0.4, -0.2) is 51.7 Å². The molecule has 6 nitrogen and oxygen atoms in total. The van der Waals surface area contributed by atoms with Gasteiger partial charge in [-0.1, -0.05) is 43.2 Å². The van der Waals surface area contributed by atoms with Gasteiger partial charge in [0.15, 0.2) is 0 Å². The summed E-state index contributed by atoms with van der Waals surface area (Å²) in [5.74, 6) is -0.309. The lowest BCUT2D eigenvalue weighted by Crippen LogP contribution is -2.42. The van der Waals surface area contributed by atoms with Gasteiger partial charge in [0.1, 0.15) is 0 Å². The van der Waals surface area contributed by atoms with Crippen molar-refractivity contribution in [3.63, 3.8) is 0 Å². The van der Waals surface area contributed by atoms with E-state index in [9.17, 15) is 13.2 Å². The van der Waals surface area contributed by atoms with Crippen molar-refractivity contribution in [2.75, 3.05) is 32.4 Å². The Kier molecular flexibility index (Phi) is 7.20. The molecule has 2 N–H and O–H groups in total. The average Bonchev–Trinajstić information content (AvgIpc) is 2.83. The molecule has 0 radical (unpaired) electrons. The van der Waals surface area contributed by atoms with E-state index < -0.39 is 10.0 Å². The number of nitrogens with zero attached hydrogens (tertiary/aromatic N) is 1. The van der Waals surface area contributed by atoms with E-state index in [0.29, 0.717) is 6.54 Å². The summed E-state index contributed by atoms with van der Waals surface area (Å²) >= 11 is 0. The Labute approximate surface area is 144 Å². The van der Waals surface area contributed by atoms with Crippen LogP contribution in [0.3, 0.4) is 0 Å². The van der Waals surface area contributed by atoms with E-state index in [1.807, 2.05) is 18.2 Å². The molecule has 1 aromatic carbocycles. The number of rotatable bonds is 7. The van der Waals surface area contributed by atoms with Crippen molar-refractivity contribution in [2.24, 2.45) is 0 Å². The summed E-state index contributed by atoms with van der Waals surface area (Å²) < 4.78 is 24.4. The van der Waals surface area contributed by atoms with Crippen molar-refractivity contribution < 1.29 is 13.2 Å². The summed E-state index contributed by atoms with van der Waals surface area (Å²) in [4.78, 5) is 14.3. The number of carbonyl (C=O) groups excluding carboxylic acids is 1. The van der Waals surface area contributed by atoms with E-state index in [4.69, 9.17) is 0 Å². The number of benzene rings is 1. The lowest BCUT2D eigenvalue weighted by Gasteiger charge is -2.31. The highest BCUT2D eigenvalue weighted by molar-refractivity contribution is 7.88. The van der Waals surface area contributed by atoms with Crippen molar-refractivity contribution in [3.05, 3.63) is 35.9 Å². The van der Waals surface area contributed by atoms with Crippen LogP contribution >= 0.6 is 0 Å². The van der Waals surface area contributed by atoms with E-state index in [0.717, 1.165) is 19.3 Å². The number of carbonyl (C=O) groups is 1. The highest BCUT2D eigenvalue weighted by Gasteiger charge is 2.22. The molecule has 1 atom stereocenters. The zero-order valence-electron chi connectivity index (χ0n) is 14.2. The molecule has 0 bridgehead atoms. The molecule has 1 unspecified atom stereocenters. The first-order valence-corrected chi connectivity index (χ1v) is 10.4. The summed E-state index contributed by atoms with van der Waals surface area (Å²) in [7, 11) is -3.36. The van der Waals surface area contributed by atoms with Gasteiger partial charge in [0.2, 0.25) is 15.9 Å². The second-order valence-electron chi connectivity index (χ2n) is 6.27. The van der Waals surface area contributed by atoms with Crippen LogP contribution in [0.4, 0.5) is 0 Å². The smallest absolute Gasteiger partial charge is 0.235 e. The zero-order chi connectivity index (χ0) is 17.4. The molecule has 7 heteroatoms. The van der Waals surface area contributed by atoms with Gasteiger partial charge in [-0.3, -0.25) is 9.69 Å². The minimum absolute atomic E-state index is 0.117. The molecule has 0 aromatic heterocycles. The molecule has 1 aliphatic heterocycles. The summed E-state index contributed by atoms with van der Waals surface area (Å²) in [5, 5.41) is 2.86. The van der Waals surface area contributed by atoms with E-state index in [2.05, 4.69) is 27.1 Å². The molecule has 1 amide bonds. The zero-order valence-corrected chi connectivity index (χ0v) is 15.0. The molecule has 24 heavy (non-hydrogen) atoms. The third-order valence-electron chi connectivity index (χ3n) is 4.25. The van der Waals surface area contributed by atoms with Gasteiger partial charge < -0.3 is 5.32 Å². The van der Waals surface area contributed by atoms with Crippen LogP contribution < -0.4 is 10.0 Å². The Morgan fingerprint density at radius 2 is 1.75 bits per heavy atom. The predicted octanol–water partition coefficient (Wildman–Crippen LogP) is 1.27. The third-order valence-corrected chi connectivity index (χ3v) is 4.92. The molecule has 1 heterocycles. The third kappa shape index (κ3) is 6.59. The number of hydrogen-bond acceptors (Lipinski definition) is 4. The minimum Gasteiger partial charge on any atom is -0.353 e. The van der Waals surface area contributed by atoms with E-state index >= 15 is 0 Å². The maximum Gasteiger partial charge on any atom is 0.235 e. The average molecular weight is 353 g/mol. The Morgan fingerprint density at radius 1 is 1.12 bits per heavy atom. The highest BCUT2D eigenvalue weighted by atomic mass is 32.2. The van der Waals surface area contributed by atoms with Crippen molar-refractivity contribution in [1.29, 1.82) is 0 Å². The van der Waals surface area contributed by atoms with E-state index in [1.54, 1.807) is 0 Å². The second kappa shape index (κ2) is 9.15. The molecular formula is C17H27N3O3S. The molecular weight excluding hydrogens is 326 g/mol. The molecule has 0 aliphatic carbocycles. The van der Waals surface area contributed by atoms with Crippen molar-refractivity contribution in [2.45, 2.75) is 31.7 Å². The fourth-order valence-corrected chi connectivity index (χ4v) is 3.40. The summed E-state index contributed by atoms with van der Waals surface area (Å²) in [6, 6.07) is 10.3. The van der Waals surface area contributed by atoms with Crippen LogP contribution in [-0.2, 0) is 14.8 Å². The predicted molar refractivity (Wildman–Crippen MR) is 95.1 cm³/mol. The minimum atomic E-state index is -3.36. The van der Waals surface area contributed by atoms with Gasteiger partial charge in [0, 0.05) is 6.54 Å². The molecule has 1 saturated heterocycles. The highest BCUT2D eigenvalue weighted by Crippen LogP contribution is 2.23. The fraction of sp³-hybridized carbons (Fsp3) is 0.588. The maximum absolute atomic E-state index is 11.9. The lowest BCUT2D eigenvalue weighted by atomic mass is 10.0. The Balaban J connectivity index is 1.99. The van der Waals surface area contributed by atoms with Crippen molar-refractivity contribution in [3.8, 4) is 0 Å². The summed E-state index contributed by atoms with van der Waals surface area (Å²) in [5.41, 5.74) is 1.18. The number of sulfonamides is 1. The lowest BCUT2D eigenvalue weighted by molar-refractivity contribution is -0.120. The quantitative estimate of drug-likeness (QED) is 0.774. The van der Waals surface area contributed by atoms with Crippen molar-refractivity contribution >= 4 is 15.9 Å². The first-order chi connectivity index (χ1) is 11.5. The number of hydrogen-bond donors (Lipinski definition) is 2. The first-order valence-electron chi connectivity index (χ1n) is 8.46. The molecule has 1 aromatic rings. The summed E-state index contributed by atoms with van der Waals surface area (Å²) in [6.07, 6.45) is 5.90. The normalized spacial score (nSPS) is 17.9. The summed E-state index contributed by atoms with van der Waals surface area (Å²) in [6.45, 7) is 2.31. The largest absolute Gasteiger partial charge is 0.353 e. The Hall–Kier alpha value is -1.44. The molecule has 2 rings (SSSR count). The monoisotopic (exact) mass is 353 g/mol. The SMILES string of the molecule is CS(=O)(=O)NCC(=O)NCC(c1ccccc1)N1CCCCCC1. The topological polar surface area (TPSA) is 78.5 Å². The Bertz CT molecular complexity index is 611. The molecule has 134 valence electrons. The van der Waals surface area contributed by atoms with Gasteiger partial charge in [0.25, 0.3) is 0 Å². The van der Waals surface area contributed by atoms with Crippen LogP contribution in [0, 0.1) is 0 Å². The molecule has 1 fully saturated rings. The van der Waals surface area contributed by atoms with E-state index in [1.165, 1.54) is 31.2 Å². The van der Waals surface area contributed by atoms with Crippen LogP contribution in [0.25, 0.3) is 0 Å². The van der Waals surface area contributed by atoms with Crippen LogP contribution in [0.1, 0.15) is 37.3 Å². The molecule has 0 saturated carbocycles. The van der Waals surface area contributed by atoms with Crippen molar-refractivity contribution in [1.82, 2.24) is 14.9 Å². The number of likely N-dealkylation sites (tertiary alicyclic amines) is 1. The second-order valence-corrected chi connectivity index (χ2v) is 8.11. The molecule has 0 spiro atoms. The Morgan fingerprint density at radius 3 is 2.33 bits per heavy atom. The van der Waals surface area contributed by atoms with Gasteiger partial charge in [-0.05, 0) is 31.5 Å². The standard InChI is InChI=1S/C17H27N3O3S/c1-24(22,23)19-14-17(21)18-13-16(15-9-5-4-6-10-15)20-11-7-2-3-8-12-20/h4-6,9-10,16,19H,2-3,7-8,11-14H2,1H3,(H,18,21). The maximum atomic E-state index is 11.9. The van der Waals surface area contributed by atoms with Gasteiger partial charge in [-0.25, -0.2) is 13.1 Å². The number of nitrogens with one attached hydrogen (secondary N) is 2. The molecule has 1 aliphatic rings. The van der Waals surface area contributed by atoms with Gasteiger partial charge >= 0.3 is 0 Å². The van der Waals surface area contributed by atoms with Gasteiger partial charge in [0.05, 0.1) is 18.8 Å². The van der Waals surface area contributed by atoms with E-state index in [-0.39, 0.29) is 18.5 Å². The van der Waals surface area contributed by atoms with Crippen LogP contribution in [0.2, 0.25) is 0 Å². The number of amides is 1. The van der Waals surface area contributed by atoms with Crippen LogP contribution in [0.5, 0.6) is 0 Å². The van der Waals surface area contributed by atoms with Crippen LogP contribution in [0.15, 0.2) is 30.3 Å². The van der Waals surface area contributed by atoms with Gasteiger partial charge in [-0.15, -0.1) is 0 Å². The first kappa shape index (κ1) is 18.9. The van der Waals surface area contributed by atoms with Gasteiger partial charge in [-0.2, -0.15) is 0 Å². The fourth-order valence-electron chi connectivity index (χ4n) is 3.01.